The molecular weight excluding hydrogens is 433 g/mol. The van der Waals surface area contributed by atoms with Crippen molar-refractivity contribution in [1.82, 2.24) is 15.0 Å². The first kappa shape index (κ1) is 22.9. The van der Waals surface area contributed by atoms with E-state index in [1.165, 1.54) is 18.3 Å². The fourth-order valence-corrected chi connectivity index (χ4v) is 3.42. The van der Waals surface area contributed by atoms with Crippen LogP contribution < -0.4 is 11.1 Å². The average molecular weight is 454 g/mol. The van der Waals surface area contributed by atoms with E-state index in [0.29, 0.717) is 28.2 Å². The lowest BCUT2D eigenvalue weighted by atomic mass is 10.0. The normalized spacial score (nSPS) is 10.8. The van der Waals surface area contributed by atoms with Gasteiger partial charge in [0.2, 0.25) is 0 Å². The quantitative estimate of drug-likeness (QED) is 0.288. The number of nitrogens with one attached hydrogen (secondary N) is 2. The molecule has 4 N–H and O–H groups in total. The number of nitrogens with zero attached hydrogens (tertiary/aromatic N) is 2. The van der Waals surface area contributed by atoms with Gasteiger partial charge in [-0.25, -0.2) is 14.4 Å². The zero-order valence-corrected chi connectivity index (χ0v) is 18.2. The molecule has 0 fully saturated rings. The molecule has 0 aliphatic heterocycles. The van der Waals surface area contributed by atoms with E-state index in [9.17, 15) is 14.0 Å². The molecule has 0 aliphatic rings. The van der Waals surface area contributed by atoms with E-state index < -0.39 is 11.7 Å². The topological polar surface area (TPSA) is 114 Å². The minimum Gasteiger partial charge on any atom is -0.363 e. The third-order valence-corrected chi connectivity index (χ3v) is 4.98. The number of aromatic nitrogens is 3. The largest absolute Gasteiger partial charge is 0.363 e. The standard InChI is InChI=1S/C23H20FN5O2.ClH/c1-12(2)15-7-8-17(13-3-5-14(24)6-4-13)28-22(15)29-18-9-10-26-23-19(18)16(11-27-23)20(30)21(25)31;/h3-12H,1-2H3,(H2,25,31)(H2,26,27,28,29);1H. The van der Waals surface area contributed by atoms with Crippen LogP contribution in [0.5, 0.6) is 0 Å². The highest BCUT2D eigenvalue weighted by Crippen LogP contribution is 2.32. The molecule has 4 aromatic rings. The smallest absolute Gasteiger partial charge is 0.289 e. The van der Waals surface area contributed by atoms with E-state index in [1.54, 1.807) is 24.4 Å². The number of amides is 1. The number of carbonyl (C=O) groups excluding carboxylic acids is 2. The summed E-state index contributed by atoms with van der Waals surface area (Å²) in [5.41, 5.74) is 8.72. The molecule has 164 valence electrons. The zero-order valence-electron chi connectivity index (χ0n) is 17.3. The Morgan fingerprint density at radius 2 is 1.81 bits per heavy atom. The van der Waals surface area contributed by atoms with Crippen LogP contribution in [-0.2, 0) is 4.79 Å². The van der Waals surface area contributed by atoms with Gasteiger partial charge in [-0.15, -0.1) is 12.4 Å². The third kappa shape index (κ3) is 4.31. The Bertz CT molecular complexity index is 1300. The number of aromatic amines is 1. The van der Waals surface area contributed by atoms with Crippen LogP contribution in [0.3, 0.4) is 0 Å². The minimum atomic E-state index is -1.05. The van der Waals surface area contributed by atoms with Crippen LogP contribution in [-0.4, -0.2) is 26.6 Å². The van der Waals surface area contributed by atoms with Crippen molar-refractivity contribution in [1.29, 1.82) is 0 Å². The molecule has 1 aromatic carbocycles. The number of primary amides is 1. The first-order chi connectivity index (χ1) is 14.8. The molecule has 0 unspecified atom stereocenters. The number of hydrogen-bond donors (Lipinski definition) is 3. The lowest BCUT2D eigenvalue weighted by Crippen LogP contribution is -2.22. The number of halogens is 2. The van der Waals surface area contributed by atoms with E-state index in [1.807, 2.05) is 26.0 Å². The average Bonchev–Trinajstić information content (AvgIpc) is 3.18. The van der Waals surface area contributed by atoms with Gasteiger partial charge < -0.3 is 16.0 Å². The summed E-state index contributed by atoms with van der Waals surface area (Å²) in [6.07, 6.45) is 3.00. The fourth-order valence-electron chi connectivity index (χ4n) is 3.42. The van der Waals surface area contributed by atoms with Crippen molar-refractivity contribution in [3.05, 3.63) is 71.8 Å². The van der Waals surface area contributed by atoms with Crippen LogP contribution in [0, 0.1) is 5.82 Å². The summed E-state index contributed by atoms with van der Waals surface area (Å²) < 4.78 is 13.3. The zero-order chi connectivity index (χ0) is 22.1. The van der Waals surface area contributed by atoms with Crippen LogP contribution in [0.4, 0.5) is 15.9 Å². The highest BCUT2D eigenvalue weighted by molar-refractivity contribution is 6.44. The Morgan fingerprint density at radius 1 is 1.09 bits per heavy atom. The van der Waals surface area contributed by atoms with Gasteiger partial charge >= 0.3 is 0 Å². The van der Waals surface area contributed by atoms with Crippen molar-refractivity contribution in [2.75, 3.05) is 5.32 Å². The molecule has 0 spiro atoms. The van der Waals surface area contributed by atoms with Crippen LogP contribution in [0.15, 0.2) is 54.9 Å². The van der Waals surface area contributed by atoms with Gasteiger partial charge in [-0.05, 0) is 47.9 Å². The highest BCUT2D eigenvalue weighted by atomic mass is 35.5. The molecule has 32 heavy (non-hydrogen) atoms. The lowest BCUT2D eigenvalue weighted by Gasteiger charge is -2.16. The van der Waals surface area contributed by atoms with Gasteiger partial charge in [0.05, 0.1) is 22.3 Å². The number of nitrogens with two attached hydrogens (primary N) is 1. The summed E-state index contributed by atoms with van der Waals surface area (Å²) >= 11 is 0. The van der Waals surface area contributed by atoms with Crippen molar-refractivity contribution >= 4 is 46.6 Å². The third-order valence-electron chi connectivity index (χ3n) is 4.98. The van der Waals surface area contributed by atoms with Crippen molar-refractivity contribution in [2.45, 2.75) is 19.8 Å². The van der Waals surface area contributed by atoms with Gasteiger partial charge in [0.1, 0.15) is 17.3 Å². The molecule has 9 heteroatoms. The molecule has 0 saturated heterocycles. The van der Waals surface area contributed by atoms with Gasteiger partial charge in [-0.3, -0.25) is 9.59 Å². The lowest BCUT2D eigenvalue weighted by molar-refractivity contribution is -0.114. The van der Waals surface area contributed by atoms with Crippen molar-refractivity contribution in [3.8, 4) is 11.3 Å². The summed E-state index contributed by atoms with van der Waals surface area (Å²) in [4.78, 5) is 35.6. The molecule has 3 heterocycles. The predicted octanol–water partition coefficient (Wildman–Crippen LogP) is 4.72. The van der Waals surface area contributed by atoms with E-state index in [0.717, 1.165) is 11.1 Å². The predicted molar refractivity (Wildman–Crippen MR) is 124 cm³/mol. The molecule has 3 aromatic heterocycles. The van der Waals surface area contributed by atoms with Gasteiger partial charge in [-0.2, -0.15) is 0 Å². The number of anilines is 2. The maximum absolute atomic E-state index is 13.3. The second-order valence-corrected chi connectivity index (χ2v) is 7.40. The number of carbonyl (C=O) groups is 2. The number of benzene rings is 1. The van der Waals surface area contributed by atoms with Crippen molar-refractivity contribution in [2.24, 2.45) is 5.73 Å². The Kier molecular flexibility index (Phi) is 6.55. The van der Waals surface area contributed by atoms with Gasteiger partial charge in [0.25, 0.3) is 11.7 Å². The number of ketones is 1. The molecular formula is C23H21ClFN5O2. The van der Waals surface area contributed by atoms with Crippen LogP contribution in [0.25, 0.3) is 22.3 Å². The maximum atomic E-state index is 13.3. The summed E-state index contributed by atoms with van der Waals surface area (Å²) in [6, 6.07) is 11.6. The Hall–Kier alpha value is -3.78. The monoisotopic (exact) mass is 453 g/mol. The van der Waals surface area contributed by atoms with Gasteiger partial charge in [0.15, 0.2) is 0 Å². The fraction of sp³-hybridized carbons (Fsp3) is 0.130. The summed E-state index contributed by atoms with van der Waals surface area (Å²) in [5, 5.41) is 3.74. The second-order valence-electron chi connectivity index (χ2n) is 7.40. The van der Waals surface area contributed by atoms with Crippen molar-refractivity contribution < 1.29 is 14.0 Å². The van der Waals surface area contributed by atoms with Crippen LogP contribution in [0.2, 0.25) is 0 Å². The molecule has 7 nitrogen and oxygen atoms in total. The van der Waals surface area contributed by atoms with Crippen LogP contribution in [0.1, 0.15) is 35.7 Å². The van der Waals surface area contributed by atoms with Gasteiger partial charge in [0, 0.05) is 18.0 Å². The number of H-pyrrole nitrogens is 1. The number of fused-ring (bicyclic) bond motifs is 1. The molecule has 0 radical (unpaired) electrons. The van der Waals surface area contributed by atoms with E-state index >= 15 is 0 Å². The molecule has 0 saturated carbocycles. The Balaban J connectivity index is 0.00000289. The number of hydrogen-bond acceptors (Lipinski definition) is 5. The highest BCUT2D eigenvalue weighted by Gasteiger charge is 2.21. The molecule has 4 rings (SSSR count). The van der Waals surface area contributed by atoms with Crippen LogP contribution >= 0.6 is 12.4 Å². The Labute approximate surface area is 189 Å². The number of Topliss-reactive ketones (excluding diaryl/α,β-unsaturated/α-hetero) is 1. The molecule has 1 amide bonds. The summed E-state index contributed by atoms with van der Waals surface area (Å²) in [7, 11) is 0. The second kappa shape index (κ2) is 9.15. The van der Waals surface area contributed by atoms with Gasteiger partial charge in [-0.1, -0.05) is 19.9 Å². The minimum absolute atomic E-state index is 0. The van der Waals surface area contributed by atoms with E-state index in [-0.39, 0.29) is 29.7 Å². The molecule has 0 atom stereocenters. The van der Waals surface area contributed by atoms with E-state index in [4.69, 9.17) is 10.7 Å². The summed E-state index contributed by atoms with van der Waals surface area (Å²) in [5.74, 6) is -1.43. The maximum Gasteiger partial charge on any atom is 0.289 e. The number of pyridine rings is 2. The first-order valence-electron chi connectivity index (χ1n) is 9.69. The van der Waals surface area contributed by atoms with Crippen molar-refractivity contribution in [3.63, 3.8) is 0 Å². The summed E-state index contributed by atoms with van der Waals surface area (Å²) in [6.45, 7) is 4.08. The first-order valence-corrected chi connectivity index (χ1v) is 9.69. The molecule has 0 aliphatic carbocycles. The van der Waals surface area contributed by atoms with E-state index in [2.05, 4.69) is 15.3 Å². The molecule has 0 bridgehead atoms. The number of rotatable bonds is 6. The SMILES string of the molecule is CC(C)c1ccc(-c2ccc(F)cc2)nc1Nc1ccnc2[nH]cc(C(=O)C(N)=O)c12.Cl. The Morgan fingerprint density at radius 3 is 2.47 bits per heavy atom.